The predicted molar refractivity (Wildman–Crippen MR) is 78.1 cm³/mol. The van der Waals surface area contributed by atoms with E-state index >= 15 is 0 Å². The summed E-state index contributed by atoms with van der Waals surface area (Å²) in [7, 11) is 0. The second-order valence-electron chi connectivity index (χ2n) is 4.80. The Morgan fingerprint density at radius 3 is 2.68 bits per heavy atom. The first-order chi connectivity index (χ1) is 9.13. The van der Waals surface area contributed by atoms with E-state index in [1.807, 2.05) is 18.3 Å². The van der Waals surface area contributed by atoms with Gasteiger partial charge in [-0.3, -0.25) is 0 Å². The summed E-state index contributed by atoms with van der Waals surface area (Å²) < 4.78 is 12.8. The van der Waals surface area contributed by atoms with Gasteiger partial charge in [0.15, 0.2) is 0 Å². The number of aryl methyl sites for hydroxylation is 1. The summed E-state index contributed by atoms with van der Waals surface area (Å²) in [5.74, 6) is -0.177. The Hall–Kier alpha value is -1.26. The number of benzene rings is 1. The molecule has 19 heavy (non-hydrogen) atoms. The highest BCUT2D eigenvalue weighted by Crippen LogP contribution is 2.11. The van der Waals surface area contributed by atoms with Crippen molar-refractivity contribution in [3.8, 4) is 0 Å². The first-order valence-electron chi connectivity index (χ1n) is 6.52. The topological polar surface area (TPSA) is 24.9 Å². The molecular formula is C15H19FN2S. The smallest absolute Gasteiger partial charge is 0.123 e. The van der Waals surface area contributed by atoms with Gasteiger partial charge in [-0.25, -0.2) is 9.37 Å². The fraction of sp³-hybridized carbons (Fsp3) is 0.400. The molecule has 1 heterocycles. The predicted octanol–water partition coefficient (Wildman–Crippen LogP) is 3.35. The number of thiazole rings is 1. The minimum absolute atomic E-state index is 0.177. The molecule has 0 saturated heterocycles. The summed E-state index contributed by atoms with van der Waals surface area (Å²) in [6, 6.07) is 7.10. The highest BCUT2D eigenvalue weighted by atomic mass is 32.1. The third kappa shape index (κ3) is 4.73. The van der Waals surface area contributed by atoms with Gasteiger partial charge in [0.05, 0.1) is 5.01 Å². The highest BCUT2D eigenvalue weighted by molar-refractivity contribution is 7.11. The van der Waals surface area contributed by atoms with Gasteiger partial charge in [-0.1, -0.05) is 12.1 Å². The summed E-state index contributed by atoms with van der Waals surface area (Å²) in [4.78, 5) is 5.60. The number of halogens is 1. The molecule has 0 bridgehead atoms. The summed E-state index contributed by atoms with van der Waals surface area (Å²) >= 11 is 1.75. The zero-order valence-electron chi connectivity index (χ0n) is 11.3. The van der Waals surface area contributed by atoms with E-state index in [9.17, 15) is 4.39 Å². The van der Waals surface area contributed by atoms with Gasteiger partial charge in [0.2, 0.25) is 0 Å². The first-order valence-corrected chi connectivity index (χ1v) is 7.34. The van der Waals surface area contributed by atoms with Gasteiger partial charge in [0.1, 0.15) is 5.82 Å². The van der Waals surface area contributed by atoms with E-state index in [4.69, 9.17) is 0 Å². The molecule has 0 fully saturated rings. The minimum atomic E-state index is -0.177. The van der Waals surface area contributed by atoms with Gasteiger partial charge >= 0.3 is 0 Å². The zero-order valence-corrected chi connectivity index (χ0v) is 12.1. The average Bonchev–Trinajstić information content (AvgIpc) is 2.78. The average molecular weight is 278 g/mol. The fourth-order valence-corrected chi connectivity index (χ4v) is 2.78. The van der Waals surface area contributed by atoms with E-state index in [2.05, 4.69) is 24.1 Å². The number of hydrogen-bond acceptors (Lipinski definition) is 3. The number of rotatable bonds is 6. The van der Waals surface area contributed by atoms with Crippen LogP contribution < -0.4 is 5.32 Å². The molecule has 0 saturated carbocycles. The van der Waals surface area contributed by atoms with E-state index in [0.717, 1.165) is 24.9 Å². The minimum Gasteiger partial charge on any atom is -0.314 e. The van der Waals surface area contributed by atoms with Crippen LogP contribution >= 0.6 is 11.3 Å². The van der Waals surface area contributed by atoms with Crippen LogP contribution in [0, 0.1) is 12.7 Å². The summed E-state index contributed by atoms with van der Waals surface area (Å²) in [5, 5.41) is 4.66. The lowest BCUT2D eigenvalue weighted by Gasteiger charge is -2.13. The quantitative estimate of drug-likeness (QED) is 0.876. The number of aromatic nitrogens is 1. The van der Waals surface area contributed by atoms with Crippen LogP contribution in [0.15, 0.2) is 30.5 Å². The van der Waals surface area contributed by atoms with Crippen molar-refractivity contribution in [2.24, 2.45) is 0 Å². The Morgan fingerprint density at radius 1 is 1.32 bits per heavy atom. The second-order valence-corrected chi connectivity index (χ2v) is 6.12. The molecule has 0 radical (unpaired) electrons. The van der Waals surface area contributed by atoms with Crippen molar-refractivity contribution < 1.29 is 4.39 Å². The van der Waals surface area contributed by atoms with Crippen LogP contribution in [0.5, 0.6) is 0 Å². The molecule has 4 heteroatoms. The molecule has 0 aliphatic carbocycles. The fourth-order valence-electron chi connectivity index (χ4n) is 1.99. The standard InChI is InChI=1S/C15H19FN2S/c1-11(9-13-3-5-14(16)6-4-13)17-8-7-15-18-10-12(2)19-15/h3-6,10-11,17H,7-9H2,1-2H3/t11-/m1/s1. The molecule has 0 unspecified atom stereocenters. The normalized spacial score (nSPS) is 12.6. The Morgan fingerprint density at radius 2 is 2.05 bits per heavy atom. The van der Waals surface area contributed by atoms with Gasteiger partial charge in [-0.05, 0) is 38.0 Å². The molecule has 1 aromatic carbocycles. The maximum absolute atomic E-state index is 12.8. The largest absolute Gasteiger partial charge is 0.314 e. The molecule has 102 valence electrons. The van der Waals surface area contributed by atoms with E-state index in [0.29, 0.717) is 6.04 Å². The van der Waals surface area contributed by atoms with E-state index < -0.39 is 0 Å². The second kappa shape index (κ2) is 6.78. The van der Waals surface area contributed by atoms with Gasteiger partial charge in [0, 0.05) is 30.1 Å². The lowest BCUT2D eigenvalue weighted by molar-refractivity contribution is 0.547. The molecule has 2 nitrogen and oxygen atoms in total. The Bertz CT molecular complexity index is 507. The van der Waals surface area contributed by atoms with E-state index in [1.165, 1.54) is 22.0 Å². The number of nitrogens with zero attached hydrogens (tertiary/aromatic N) is 1. The highest BCUT2D eigenvalue weighted by Gasteiger charge is 2.04. The van der Waals surface area contributed by atoms with Gasteiger partial charge in [-0.15, -0.1) is 11.3 Å². The maximum atomic E-state index is 12.8. The van der Waals surface area contributed by atoms with Gasteiger partial charge < -0.3 is 5.32 Å². The Labute approximate surface area is 117 Å². The lowest BCUT2D eigenvalue weighted by Crippen LogP contribution is -2.29. The van der Waals surface area contributed by atoms with Crippen LogP contribution in [0.3, 0.4) is 0 Å². The summed E-state index contributed by atoms with van der Waals surface area (Å²) in [6.07, 6.45) is 3.80. The van der Waals surface area contributed by atoms with Crippen LogP contribution in [0.1, 0.15) is 22.4 Å². The molecule has 1 atom stereocenters. The maximum Gasteiger partial charge on any atom is 0.123 e. The number of nitrogens with one attached hydrogen (secondary N) is 1. The molecule has 0 amide bonds. The third-order valence-corrected chi connectivity index (χ3v) is 3.93. The SMILES string of the molecule is Cc1cnc(CCN[C@H](C)Cc2ccc(F)cc2)s1. The van der Waals surface area contributed by atoms with Gasteiger partial charge in [0.25, 0.3) is 0 Å². The zero-order chi connectivity index (χ0) is 13.7. The van der Waals surface area contributed by atoms with E-state index in [-0.39, 0.29) is 5.82 Å². The van der Waals surface area contributed by atoms with Crippen molar-refractivity contribution in [1.29, 1.82) is 0 Å². The van der Waals surface area contributed by atoms with Crippen LogP contribution in [-0.4, -0.2) is 17.6 Å². The molecule has 1 aromatic heterocycles. The van der Waals surface area contributed by atoms with Crippen molar-refractivity contribution in [2.75, 3.05) is 6.54 Å². The molecule has 2 rings (SSSR count). The molecule has 0 aliphatic rings. The molecule has 2 aromatic rings. The molecular weight excluding hydrogens is 259 g/mol. The van der Waals surface area contributed by atoms with Crippen molar-refractivity contribution in [2.45, 2.75) is 32.7 Å². The van der Waals surface area contributed by atoms with Crippen LogP contribution in [-0.2, 0) is 12.8 Å². The molecule has 0 spiro atoms. The van der Waals surface area contributed by atoms with Crippen LogP contribution in [0.4, 0.5) is 4.39 Å². The van der Waals surface area contributed by atoms with E-state index in [1.54, 1.807) is 11.3 Å². The van der Waals surface area contributed by atoms with Crippen molar-refractivity contribution in [3.63, 3.8) is 0 Å². The monoisotopic (exact) mass is 278 g/mol. The van der Waals surface area contributed by atoms with Gasteiger partial charge in [-0.2, -0.15) is 0 Å². The van der Waals surface area contributed by atoms with Crippen molar-refractivity contribution in [1.82, 2.24) is 10.3 Å². The lowest BCUT2D eigenvalue weighted by atomic mass is 10.1. The Balaban J connectivity index is 1.72. The molecule has 0 aliphatic heterocycles. The van der Waals surface area contributed by atoms with Crippen molar-refractivity contribution in [3.05, 3.63) is 51.7 Å². The Kier molecular flexibility index (Phi) is 5.05. The third-order valence-electron chi connectivity index (χ3n) is 2.96. The summed E-state index contributed by atoms with van der Waals surface area (Å²) in [6.45, 7) is 5.15. The molecule has 1 N–H and O–H groups in total. The van der Waals surface area contributed by atoms with Crippen molar-refractivity contribution >= 4 is 11.3 Å². The number of hydrogen-bond donors (Lipinski definition) is 1. The van der Waals surface area contributed by atoms with Crippen LogP contribution in [0.25, 0.3) is 0 Å². The first kappa shape index (κ1) is 14.2. The summed E-state index contributed by atoms with van der Waals surface area (Å²) in [5.41, 5.74) is 1.16. The van der Waals surface area contributed by atoms with Crippen LogP contribution in [0.2, 0.25) is 0 Å².